The van der Waals surface area contributed by atoms with Crippen molar-refractivity contribution in [3.63, 3.8) is 0 Å². The molecule has 1 fully saturated rings. The number of sulfonamides is 1. The number of ether oxygens (including phenoxy) is 1. The Labute approximate surface area is 223 Å². The first kappa shape index (κ1) is 26.3. The van der Waals surface area contributed by atoms with Crippen molar-refractivity contribution in [2.24, 2.45) is 5.73 Å². The summed E-state index contributed by atoms with van der Waals surface area (Å²) in [7, 11) is -3.94. The van der Waals surface area contributed by atoms with Gasteiger partial charge < -0.3 is 10.5 Å². The van der Waals surface area contributed by atoms with Crippen molar-refractivity contribution < 1.29 is 17.9 Å². The Hall–Kier alpha value is -3.28. The summed E-state index contributed by atoms with van der Waals surface area (Å²) in [5.41, 5.74) is 9.21. The molecule has 0 bridgehead atoms. The topological polar surface area (TPSA) is 132 Å². The molecule has 38 heavy (non-hydrogen) atoms. The molecule has 0 aliphatic carbocycles. The van der Waals surface area contributed by atoms with Gasteiger partial charge in [-0.2, -0.15) is 4.72 Å². The lowest BCUT2D eigenvalue weighted by atomic mass is 9.98. The molecule has 2 aliphatic heterocycles. The number of carbonyl (C=O) groups is 1. The lowest BCUT2D eigenvalue weighted by Gasteiger charge is -2.29. The highest BCUT2D eigenvalue weighted by Gasteiger charge is 2.28. The number of aryl methyl sites for hydroxylation is 1. The van der Waals surface area contributed by atoms with Crippen LogP contribution in [0.25, 0.3) is 0 Å². The smallest absolute Gasteiger partial charge is 0.241 e. The number of benzene rings is 2. The van der Waals surface area contributed by atoms with Crippen LogP contribution in [0.1, 0.15) is 54.1 Å². The van der Waals surface area contributed by atoms with Crippen molar-refractivity contribution in [1.82, 2.24) is 24.6 Å². The first-order chi connectivity index (χ1) is 18.3. The zero-order valence-corrected chi connectivity index (χ0v) is 22.4. The summed E-state index contributed by atoms with van der Waals surface area (Å²) in [5, 5.41) is 8.52. The second kappa shape index (κ2) is 11.2. The second-order valence-corrected chi connectivity index (χ2v) is 11.9. The molecule has 0 saturated carbocycles. The zero-order valence-electron chi connectivity index (χ0n) is 21.5. The van der Waals surface area contributed by atoms with Gasteiger partial charge in [-0.1, -0.05) is 41.5 Å². The Balaban J connectivity index is 1.29. The third kappa shape index (κ3) is 6.06. The number of amides is 1. The Morgan fingerprint density at radius 1 is 1.16 bits per heavy atom. The zero-order chi connectivity index (χ0) is 26.7. The average molecular weight is 539 g/mol. The van der Waals surface area contributed by atoms with Crippen molar-refractivity contribution in [3.05, 3.63) is 71.0 Å². The SMILES string of the molecule is Cc1ccc(S(=O)(=O)N[C@H](Cc2cn([C@@H]3CCOc4cc(CN5CCCCC5)ccc43)nn2)C(N)=O)cc1. The molecule has 0 radical (unpaired) electrons. The average Bonchev–Trinajstić information content (AvgIpc) is 3.37. The Kier molecular flexibility index (Phi) is 7.78. The largest absolute Gasteiger partial charge is 0.493 e. The van der Waals surface area contributed by atoms with Crippen molar-refractivity contribution >= 4 is 15.9 Å². The molecular weight excluding hydrogens is 504 g/mol. The minimum Gasteiger partial charge on any atom is -0.493 e. The molecule has 11 heteroatoms. The first-order valence-electron chi connectivity index (χ1n) is 13.1. The van der Waals surface area contributed by atoms with E-state index in [-0.39, 0.29) is 17.4 Å². The predicted molar refractivity (Wildman–Crippen MR) is 142 cm³/mol. The van der Waals surface area contributed by atoms with Gasteiger partial charge in [0.05, 0.1) is 23.2 Å². The molecule has 5 rings (SSSR count). The van der Waals surface area contributed by atoms with E-state index in [1.54, 1.807) is 23.0 Å². The monoisotopic (exact) mass is 538 g/mol. The van der Waals surface area contributed by atoms with Gasteiger partial charge in [0.25, 0.3) is 0 Å². The molecule has 2 atom stereocenters. The summed E-state index contributed by atoms with van der Waals surface area (Å²) in [4.78, 5) is 14.7. The minimum atomic E-state index is -3.94. The van der Waals surface area contributed by atoms with E-state index in [9.17, 15) is 13.2 Å². The molecule has 3 heterocycles. The third-order valence-corrected chi connectivity index (χ3v) is 8.69. The van der Waals surface area contributed by atoms with Gasteiger partial charge >= 0.3 is 0 Å². The van der Waals surface area contributed by atoms with Crippen molar-refractivity contribution in [1.29, 1.82) is 0 Å². The van der Waals surface area contributed by atoms with E-state index in [0.29, 0.717) is 12.3 Å². The number of aromatic nitrogens is 3. The van der Waals surface area contributed by atoms with Crippen LogP contribution in [-0.4, -0.2) is 60.0 Å². The molecule has 1 saturated heterocycles. The van der Waals surface area contributed by atoms with E-state index < -0.39 is 22.0 Å². The van der Waals surface area contributed by atoms with Crippen LogP contribution in [0.4, 0.5) is 0 Å². The number of nitrogens with one attached hydrogen (secondary N) is 1. The van der Waals surface area contributed by atoms with Crippen LogP contribution in [0.15, 0.2) is 53.6 Å². The number of rotatable bonds is 9. The van der Waals surface area contributed by atoms with Crippen molar-refractivity contribution in [2.75, 3.05) is 19.7 Å². The number of primary amides is 1. The van der Waals surface area contributed by atoms with E-state index in [1.165, 1.54) is 37.0 Å². The summed E-state index contributed by atoms with van der Waals surface area (Å²) < 4.78 is 35.8. The number of fused-ring (bicyclic) bond motifs is 1. The normalized spacial score (nSPS) is 18.9. The molecular formula is C27H34N6O4S. The molecule has 10 nitrogen and oxygen atoms in total. The molecule has 1 amide bonds. The Morgan fingerprint density at radius 2 is 1.92 bits per heavy atom. The standard InChI is InChI=1S/C27H34N6O4S/c1-19-5-8-22(9-6-19)38(35,36)30-24(27(28)34)16-21-18-33(31-29-21)25-11-14-37-26-15-20(7-10-23(25)26)17-32-12-3-2-4-13-32/h5-10,15,18,24-25,30H,2-4,11-14,16-17H2,1H3,(H2,28,34)/t24-,25-/m1/s1. The fraction of sp³-hybridized carbons (Fsp3) is 0.444. The molecule has 0 spiro atoms. The predicted octanol–water partition coefficient (Wildman–Crippen LogP) is 2.32. The Bertz CT molecular complexity index is 1380. The molecule has 3 aromatic rings. The summed E-state index contributed by atoms with van der Waals surface area (Å²) in [6, 6.07) is 11.5. The maximum absolute atomic E-state index is 12.8. The Morgan fingerprint density at radius 3 is 2.66 bits per heavy atom. The van der Waals surface area contributed by atoms with Gasteiger partial charge in [-0.15, -0.1) is 5.10 Å². The molecule has 1 aromatic heterocycles. The maximum atomic E-state index is 12.8. The summed E-state index contributed by atoms with van der Waals surface area (Å²) >= 11 is 0. The number of likely N-dealkylation sites (tertiary alicyclic amines) is 1. The maximum Gasteiger partial charge on any atom is 0.241 e. The van der Waals surface area contributed by atoms with Gasteiger partial charge in [0, 0.05) is 31.1 Å². The first-order valence-corrected chi connectivity index (χ1v) is 14.5. The van der Waals surface area contributed by atoms with Gasteiger partial charge in [-0.05, 0) is 56.6 Å². The molecule has 202 valence electrons. The van der Waals surface area contributed by atoms with Gasteiger partial charge in [-0.25, -0.2) is 13.1 Å². The number of nitrogens with two attached hydrogens (primary N) is 1. The van der Waals surface area contributed by atoms with Crippen LogP contribution >= 0.6 is 0 Å². The number of piperidine rings is 1. The number of hydrogen-bond acceptors (Lipinski definition) is 7. The van der Waals surface area contributed by atoms with Crippen LogP contribution in [0.2, 0.25) is 0 Å². The highest BCUT2D eigenvalue weighted by Crippen LogP contribution is 2.35. The lowest BCUT2D eigenvalue weighted by molar-refractivity contribution is -0.119. The summed E-state index contributed by atoms with van der Waals surface area (Å²) in [6.45, 7) is 5.61. The van der Waals surface area contributed by atoms with Crippen molar-refractivity contribution in [3.8, 4) is 5.75 Å². The van der Waals surface area contributed by atoms with Crippen LogP contribution in [-0.2, 0) is 27.8 Å². The fourth-order valence-electron chi connectivity index (χ4n) is 5.11. The van der Waals surface area contributed by atoms with E-state index >= 15 is 0 Å². The molecule has 3 N–H and O–H groups in total. The van der Waals surface area contributed by atoms with Crippen LogP contribution in [0, 0.1) is 6.92 Å². The van der Waals surface area contributed by atoms with Crippen molar-refractivity contribution in [2.45, 2.75) is 62.6 Å². The molecule has 2 aromatic carbocycles. The highest BCUT2D eigenvalue weighted by molar-refractivity contribution is 7.89. The van der Waals surface area contributed by atoms with Gasteiger partial charge in [0.2, 0.25) is 15.9 Å². The van der Waals surface area contributed by atoms with Gasteiger partial charge in [0.1, 0.15) is 11.8 Å². The number of hydrogen-bond donors (Lipinski definition) is 2. The quantitative estimate of drug-likeness (QED) is 0.427. The van der Waals surface area contributed by atoms with E-state index in [1.807, 2.05) is 6.92 Å². The van der Waals surface area contributed by atoms with Gasteiger partial charge in [0.15, 0.2) is 0 Å². The number of nitrogens with zero attached hydrogens (tertiary/aromatic N) is 4. The lowest BCUT2D eigenvalue weighted by Crippen LogP contribution is -2.45. The van der Waals surface area contributed by atoms with Crippen LogP contribution in [0.5, 0.6) is 5.75 Å². The van der Waals surface area contributed by atoms with E-state index in [0.717, 1.165) is 42.9 Å². The van der Waals surface area contributed by atoms with E-state index in [2.05, 4.69) is 38.1 Å². The number of carbonyl (C=O) groups excluding carboxylic acids is 1. The molecule has 2 aliphatic rings. The van der Waals surface area contributed by atoms with Crippen LogP contribution in [0.3, 0.4) is 0 Å². The summed E-state index contributed by atoms with van der Waals surface area (Å²) in [5.74, 6) is 0.0709. The van der Waals surface area contributed by atoms with Gasteiger partial charge in [-0.3, -0.25) is 9.69 Å². The fourth-order valence-corrected chi connectivity index (χ4v) is 6.31. The van der Waals surface area contributed by atoms with Crippen LogP contribution < -0.4 is 15.2 Å². The van der Waals surface area contributed by atoms with E-state index in [4.69, 9.17) is 10.5 Å². The highest BCUT2D eigenvalue weighted by atomic mass is 32.2. The summed E-state index contributed by atoms with van der Waals surface area (Å²) in [6.07, 6.45) is 6.28. The third-order valence-electron chi connectivity index (χ3n) is 7.20. The molecule has 0 unspecified atom stereocenters. The second-order valence-electron chi connectivity index (χ2n) is 10.1. The minimum absolute atomic E-state index is 0.00866.